The van der Waals surface area contributed by atoms with Crippen molar-refractivity contribution in [2.24, 2.45) is 0 Å². The second-order valence-electron chi connectivity index (χ2n) is 6.06. The molecule has 0 aliphatic carbocycles. The second kappa shape index (κ2) is 6.95. The highest BCUT2D eigenvalue weighted by Gasteiger charge is 2.35. The molecular formula is C19H18N4O3. The predicted octanol–water partition coefficient (Wildman–Crippen LogP) is 3.12. The SMILES string of the molecule is COc1ccc(-c2noc([C@@H]3CCCN3C(=O)c3ccccn3)n2)cc1. The Kier molecular flexibility index (Phi) is 4.35. The number of hydrogen-bond donors (Lipinski definition) is 0. The third-order valence-electron chi connectivity index (χ3n) is 4.47. The van der Waals surface area contributed by atoms with Crippen LogP contribution in [0, 0.1) is 0 Å². The van der Waals surface area contributed by atoms with Gasteiger partial charge in [0.05, 0.1) is 7.11 Å². The van der Waals surface area contributed by atoms with E-state index >= 15 is 0 Å². The Morgan fingerprint density at radius 1 is 1.23 bits per heavy atom. The highest BCUT2D eigenvalue weighted by Crippen LogP contribution is 2.33. The van der Waals surface area contributed by atoms with Gasteiger partial charge in [-0.1, -0.05) is 11.2 Å². The smallest absolute Gasteiger partial charge is 0.273 e. The van der Waals surface area contributed by atoms with Gasteiger partial charge >= 0.3 is 0 Å². The molecule has 132 valence electrons. The molecule has 3 aromatic rings. The summed E-state index contributed by atoms with van der Waals surface area (Å²) in [6.45, 7) is 0.653. The van der Waals surface area contributed by atoms with Crippen LogP contribution < -0.4 is 4.74 Å². The molecule has 1 fully saturated rings. The van der Waals surface area contributed by atoms with Crippen LogP contribution in [0.25, 0.3) is 11.4 Å². The van der Waals surface area contributed by atoms with Crippen molar-refractivity contribution in [1.82, 2.24) is 20.0 Å². The number of ether oxygens (including phenoxy) is 1. The van der Waals surface area contributed by atoms with Crippen LogP contribution in [0.2, 0.25) is 0 Å². The molecule has 1 aliphatic rings. The highest BCUT2D eigenvalue weighted by atomic mass is 16.5. The van der Waals surface area contributed by atoms with Crippen molar-refractivity contribution in [3.05, 3.63) is 60.2 Å². The maximum atomic E-state index is 12.7. The van der Waals surface area contributed by atoms with E-state index in [2.05, 4.69) is 15.1 Å². The summed E-state index contributed by atoms with van der Waals surface area (Å²) in [4.78, 5) is 23.2. The Morgan fingerprint density at radius 2 is 2.08 bits per heavy atom. The lowest BCUT2D eigenvalue weighted by atomic mass is 10.2. The summed E-state index contributed by atoms with van der Waals surface area (Å²) in [6.07, 6.45) is 3.30. The highest BCUT2D eigenvalue weighted by molar-refractivity contribution is 5.92. The van der Waals surface area contributed by atoms with E-state index in [1.807, 2.05) is 24.3 Å². The fraction of sp³-hybridized carbons (Fsp3) is 0.263. The monoisotopic (exact) mass is 350 g/mol. The number of rotatable bonds is 4. The van der Waals surface area contributed by atoms with Crippen molar-refractivity contribution >= 4 is 5.91 Å². The quantitative estimate of drug-likeness (QED) is 0.719. The van der Waals surface area contributed by atoms with Gasteiger partial charge in [-0.15, -0.1) is 0 Å². The number of hydrogen-bond acceptors (Lipinski definition) is 6. The molecule has 0 radical (unpaired) electrons. The molecule has 0 N–H and O–H groups in total. The molecule has 1 aliphatic heterocycles. The molecule has 2 aromatic heterocycles. The van der Waals surface area contributed by atoms with Gasteiger partial charge in [0.2, 0.25) is 11.7 Å². The molecule has 0 bridgehead atoms. The summed E-state index contributed by atoms with van der Waals surface area (Å²) in [5, 5.41) is 4.07. The van der Waals surface area contributed by atoms with Crippen LogP contribution in [0.1, 0.15) is 35.3 Å². The van der Waals surface area contributed by atoms with E-state index in [0.717, 1.165) is 24.2 Å². The van der Waals surface area contributed by atoms with Crippen LogP contribution >= 0.6 is 0 Å². The minimum atomic E-state index is -0.219. The first-order valence-corrected chi connectivity index (χ1v) is 8.46. The average molecular weight is 350 g/mol. The molecule has 0 saturated carbocycles. The summed E-state index contributed by atoms with van der Waals surface area (Å²) in [6, 6.07) is 12.5. The molecule has 0 unspecified atom stereocenters. The number of likely N-dealkylation sites (tertiary alicyclic amines) is 1. The first kappa shape index (κ1) is 16.3. The average Bonchev–Trinajstić information content (AvgIpc) is 3.37. The lowest BCUT2D eigenvalue weighted by molar-refractivity contribution is 0.0704. The molecule has 1 atom stereocenters. The summed E-state index contributed by atoms with van der Waals surface area (Å²) in [5.41, 5.74) is 1.26. The standard InChI is InChI=1S/C19H18N4O3/c1-25-14-9-7-13(8-10-14)17-21-18(26-22-17)16-6-4-12-23(16)19(24)15-5-2-3-11-20-15/h2-3,5,7-11,16H,4,6,12H2,1H3/t16-/m0/s1. The van der Waals surface area contributed by atoms with Crippen molar-refractivity contribution in [2.75, 3.05) is 13.7 Å². The van der Waals surface area contributed by atoms with Gasteiger partial charge in [0.1, 0.15) is 17.5 Å². The van der Waals surface area contributed by atoms with Crippen molar-refractivity contribution < 1.29 is 14.1 Å². The van der Waals surface area contributed by atoms with E-state index in [1.54, 1.807) is 36.4 Å². The van der Waals surface area contributed by atoms with Gasteiger partial charge < -0.3 is 14.2 Å². The number of carbonyl (C=O) groups is 1. The van der Waals surface area contributed by atoms with E-state index < -0.39 is 0 Å². The van der Waals surface area contributed by atoms with Crippen LogP contribution in [0.5, 0.6) is 5.75 Å². The van der Waals surface area contributed by atoms with Crippen LogP contribution in [0.3, 0.4) is 0 Å². The van der Waals surface area contributed by atoms with Gasteiger partial charge in [0, 0.05) is 18.3 Å². The molecule has 7 nitrogen and oxygen atoms in total. The Hall–Kier alpha value is -3.22. The molecule has 7 heteroatoms. The molecule has 1 aromatic carbocycles. The fourth-order valence-electron chi connectivity index (χ4n) is 3.13. The van der Waals surface area contributed by atoms with E-state index in [9.17, 15) is 4.79 Å². The maximum absolute atomic E-state index is 12.7. The van der Waals surface area contributed by atoms with Gasteiger partial charge in [-0.2, -0.15) is 4.98 Å². The number of pyridine rings is 1. The van der Waals surface area contributed by atoms with Gasteiger partial charge in [0.15, 0.2) is 0 Å². The lowest BCUT2D eigenvalue weighted by Gasteiger charge is -2.21. The first-order chi connectivity index (χ1) is 12.8. The van der Waals surface area contributed by atoms with Crippen LogP contribution in [-0.2, 0) is 0 Å². The number of aromatic nitrogens is 3. The van der Waals surface area contributed by atoms with Crippen LogP contribution in [0.15, 0.2) is 53.2 Å². The third kappa shape index (κ3) is 3.03. The number of nitrogens with zero attached hydrogens (tertiary/aromatic N) is 4. The van der Waals surface area contributed by atoms with Gasteiger partial charge in [-0.3, -0.25) is 9.78 Å². The fourth-order valence-corrected chi connectivity index (χ4v) is 3.13. The Balaban J connectivity index is 1.57. The molecule has 3 heterocycles. The predicted molar refractivity (Wildman–Crippen MR) is 93.5 cm³/mol. The van der Waals surface area contributed by atoms with Gasteiger partial charge in [-0.25, -0.2) is 0 Å². The topological polar surface area (TPSA) is 81.4 Å². The van der Waals surface area contributed by atoms with Crippen LogP contribution in [-0.4, -0.2) is 39.6 Å². The van der Waals surface area contributed by atoms with E-state index in [1.165, 1.54) is 0 Å². The normalized spacial score (nSPS) is 16.7. The summed E-state index contributed by atoms with van der Waals surface area (Å²) >= 11 is 0. The summed E-state index contributed by atoms with van der Waals surface area (Å²) < 4.78 is 10.6. The maximum Gasteiger partial charge on any atom is 0.273 e. The van der Waals surface area contributed by atoms with Crippen molar-refractivity contribution in [2.45, 2.75) is 18.9 Å². The Labute approximate surface area is 150 Å². The van der Waals surface area contributed by atoms with Crippen LogP contribution in [0.4, 0.5) is 0 Å². The summed E-state index contributed by atoms with van der Waals surface area (Å²) in [5.74, 6) is 1.61. The van der Waals surface area contributed by atoms with E-state index in [0.29, 0.717) is 24.0 Å². The second-order valence-corrected chi connectivity index (χ2v) is 6.06. The number of methoxy groups -OCH3 is 1. The number of carbonyl (C=O) groups excluding carboxylic acids is 1. The van der Waals surface area contributed by atoms with Gasteiger partial charge in [-0.05, 0) is 49.2 Å². The molecule has 26 heavy (non-hydrogen) atoms. The van der Waals surface area contributed by atoms with Crippen molar-refractivity contribution in [1.29, 1.82) is 0 Å². The minimum absolute atomic E-state index is 0.114. The number of benzene rings is 1. The van der Waals surface area contributed by atoms with Crippen molar-refractivity contribution in [3.8, 4) is 17.1 Å². The molecule has 4 rings (SSSR count). The third-order valence-corrected chi connectivity index (χ3v) is 4.47. The van der Waals surface area contributed by atoms with Crippen molar-refractivity contribution in [3.63, 3.8) is 0 Å². The lowest BCUT2D eigenvalue weighted by Crippen LogP contribution is -2.31. The molecular weight excluding hydrogens is 332 g/mol. The zero-order valence-electron chi connectivity index (χ0n) is 14.3. The zero-order valence-corrected chi connectivity index (χ0v) is 14.3. The van der Waals surface area contributed by atoms with E-state index in [4.69, 9.17) is 9.26 Å². The molecule has 1 amide bonds. The molecule has 1 saturated heterocycles. The minimum Gasteiger partial charge on any atom is -0.497 e. The summed E-state index contributed by atoms with van der Waals surface area (Å²) in [7, 11) is 1.62. The number of amides is 1. The Morgan fingerprint density at radius 3 is 2.81 bits per heavy atom. The van der Waals surface area contributed by atoms with Gasteiger partial charge in [0.25, 0.3) is 5.91 Å². The Bertz CT molecular complexity index is 893. The van der Waals surface area contributed by atoms with E-state index in [-0.39, 0.29) is 11.9 Å². The largest absolute Gasteiger partial charge is 0.497 e. The zero-order chi connectivity index (χ0) is 17.9. The molecule has 0 spiro atoms. The first-order valence-electron chi connectivity index (χ1n) is 8.46.